The Kier molecular flexibility index (Phi) is 5.34. The smallest absolute Gasteiger partial charge is 0.239 e. The maximum atomic E-state index is 11.9. The molecule has 1 aliphatic heterocycles. The summed E-state index contributed by atoms with van der Waals surface area (Å²) in [6.45, 7) is 6.11. The molecule has 0 aromatic heterocycles. The van der Waals surface area contributed by atoms with Crippen molar-refractivity contribution in [1.29, 1.82) is 0 Å². The first-order valence-corrected chi connectivity index (χ1v) is 8.35. The molecule has 0 spiro atoms. The van der Waals surface area contributed by atoms with Gasteiger partial charge >= 0.3 is 0 Å². The Balaban J connectivity index is 2.48. The molecule has 0 aliphatic carbocycles. The molecule has 0 bridgehead atoms. The van der Waals surface area contributed by atoms with Crippen molar-refractivity contribution in [2.75, 3.05) is 18.8 Å². The topological polar surface area (TPSA) is 92.5 Å². The van der Waals surface area contributed by atoms with E-state index in [2.05, 4.69) is 5.32 Å². The van der Waals surface area contributed by atoms with Crippen LogP contribution in [-0.4, -0.2) is 49.1 Å². The van der Waals surface area contributed by atoms with Crippen LogP contribution in [0.1, 0.15) is 40.0 Å². The SMILES string of the molecule is CCCS(=O)(=O)N1CCC(NC(=O)C(C)(C)N)CC1. The lowest BCUT2D eigenvalue weighted by Gasteiger charge is -2.33. The number of amides is 1. The molecule has 1 fully saturated rings. The van der Waals surface area contributed by atoms with Gasteiger partial charge in [-0.15, -0.1) is 0 Å². The van der Waals surface area contributed by atoms with Gasteiger partial charge in [-0.2, -0.15) is 0 Å². The molecule has 0 aromatic carbocycles. The van der Waals surface area contributed by atoms with Crippen LogP contribution in [0.25, 0.3) is 0 Å². The zero-order chi connectivity index (χ0) is 14.7. The number of rotatable bonds is 5. The Bertz CT molecular complexity index is 406. The van der Waals surface area contributed by atoms with Crippen LogP contribution < -0.4 is 11.1 Å². The summed E-state index contributed by atoms with van der Waals surface area (Å²) in [5, 5.41) is 2.88. The van der Waals surface area contributed by atoms with E-state index in [1.807, 2.05) is 6.92 Å². The summed E-state index contributed by atoms with van der Waals surface area (Å²) in [5.41, 5.74) is 4.82. The average Bonchev–Trinajstić information content (AvgIpc) is 2.28. The standard InChI is InChI=1S/C12H25N3O3S/c1-4-9-19(17,18)15-7-5-10(6-8-15)14-11(16)12(2,3)13/h10H,4-9,13H2,1-3H3,(H,14,16). The Morgan fingerprint density at radius 3 is 2.32 bits per heavy atom. The van der Waals surface area contributed by atoms with Crippen molar-refractivity contribution in [3.05, 3.63) is 0 Å². The van der Waals surface area contributed by atoms with E-state index in [9.17, 15) is 13.2 Å². The molecule has 1 amide bonds. The molecule has 1 heterocycles. The molecule has 6 nitrogen and oxygen atoms in total. The fourth-order valence-corrected chi connectivity index (χ4v) is 3.58. The first-order valence-electron chi connectivity index (χ1n) is 6.74. The van der Waals surface area contributed by atoms with E-state index >= 15 is 0 Å². The number of carbonyl (C=O) groups excluding carboxylic acids is 1. The van der Waals surface area contributed by atoms with Gasteiger partial charge in [-0.05, 0) is 33.1 Å². The molecule has 0 saturated carbocycles. The average molecular weight is 291 g/mol. The molecule has 1 aliphatic rings. The molecular formula is C12H25N3O3S. The number of nitrogens with two attached hydrogens (primary N) is 1. The third-order valence-electron chi connectivity index (χ3n) is 3.23. The first kappa shape index (κ1) is 16.4. The van der Waals surface area contributed by atoms with Gasteiger partial charge in [0.1, 0.15) is 0 Å². The molecule has 1 saturated heterocycles. The highest BCUT2D eigenvalue weighted by Crippen LogP contribution is 2.15. The van der Waals surface area contributed by atoms with Crippen molar-refractivity contribution in [1.82, 2.24) is 9.62 Å². The molecule has 0 atom stereocenters. The highest BCUT2D eigenvalue weighted by atomic mass is 32.2. The number of hydrogen-bond acceptors (Lipinski definition) is 4. The normalized spacial score (nSPS) is 19.4. The second-order valence-electron chi connectivity index (χ2n) is 5.68. The molecular weight excluding hydrogens is 266 g/mol. The molecule has 112 valence electrons. The Labute approximate surface area is 115 Å². The molecule has 0 radical (unpaired) electrons. The summed E-state index contributed by atoms with van der Waals surface area (Å²) in [6, 6.07) is 0.0170. The molecule has 0 unspecified atom stereocenters. The van der Waals surface area contributed by atoms with Gasteiger partial charge in [-0.1, -0.05) is 6.92 Å². The van der Waals surface area contributed by atoms with Gasteiger partial charge in [-0.3, -0.25) is 4.79 Å². The molecule has 0 aromatic rings. The number of piperidine rings is 1. The van der Waals surface area contributed by atoms with Crippen molar-refractivity contribution < 1.29 is 13.2 Å². The maximum Gasteiger partial charge on any atom is 0.239 e. The van der Waals surface area contributed by atoms with E-state index in [-0.39, 0.29) is 17.7 Å². The lowest BCUT2D eigenvalue weighted by molar-refractivity contribution is -0.126. The van der Waals surface area contributed by atoms with Gasteiger partial charge in [0, 0.05) is 19.1 Å². The van der Waals surface area contributed by atoms with Crippen LogP contribution in [0.15, 0.2) is 0 Å². The Hall–Kier alpha value is -0.660. The largest absolute Gasteiger partial charge is 0.352 e. The van der Waals surface area contributed by atoms with Crippen molar-refractivity contribution in [2.45, 2.75) is 51.6 Å². The van der Waals surface area contributed by atoms with Crippen molar-refractivity contribution in [3.63, 3.8) is 0 Å². The van der Waals surface area contributed by atoms with E-state index in [1.54, 1.807) is 13.8 Å². The van der Waals surface area contributed by atoms with Crippen LogP contribution >= 0.6 is 0 Å². The van der Waals surface area contributed by atoms with Crippen LogP contribution in [0, 0.1) is 0 Å². The predicted molar refractivity (Wildman–Crippen MR) is 75.1 cm³/mol. The van der Waals surface area contributed by atoms with Crippen molar-refractivity contribution >= 4 is 15.9 Å². The van der Waals surface area contributed by atoms with E-state index in [0.29, 0.717) is 32.4 Å². The monoisotopic (exact) mass is 291 g/mol. The van der Waals surface area contributed by atoms with Crippen LogP contribution in [0.5, 0.6) is 0 Å². The summed E-state index contributed by atoms with van der Waals surface area (Å²) in [5.74, 6) is 0.00205. The third-order valence-corrected chi connectivity index (χ3v) is 5.31. The lowest BCUT2D eigenvalue weighted by Crippen LogP contribution is -2.54. The van der Waals surface area contributed by atoms with E-state index in [4.69, 9.17) is 5.73 Å². The summed E-state index contributed by atoms with van der Waals surface area (Å²) in [4.78, 5) is 11.7. The minimum atomic E-state index is -3.12. The van der Waals surface area contributed by atoms with Gasteiger partial charge in [-0.25, -0.2) is 12.7 Å². The second kappa shape index (κ2) is 6.19. The third kappa shape index (κ3) is 4.74. The number of carbonyl (C=O) groups is 1. The summed E-state index contributed by atoms with van der Waals surface area (Å²) in [7, 11) is -3.12. The predicted octanol–water partition coefficient (Wildman–Crippen LogP) is 0.0441. The fraction of sp³-hybridized carbons (Fsp3) is 0.917. The number of nitrogens with zero attached hydrogens (tertiary/aromatic N) is 1. The zero-order valence-corrected chi connectivity index (χ0v) is 12.8. The highest BCUT2D eigenvalue weighted by molar-refractivity contribution is 7.89. The van der Waals surface area contributed by atoms with E-state index in [1.165, 1.54) is 4.31 Å². The fourth-order valence-electron chi connectivity index (χ4n) is 2.04. The minimum Gasteiger partial charge on any atom is -0.352 e. The minimum absolute atomic E-state index is 0.0170. The summed E-state index contributed by atoms with van der Waals surface area (Å²) >= 11 is 0. The maximum absolute atomic E-state index is 11.9. The van der Waals surface area contributed by atoms with Crippen LogP contribution in [0.3, 0.4) is 0 Å². The molecule has 19 heavy (non-hydrogen) atoms. The first-order chi connectivity index (χ1) is 8.66. The van der Waals surface area contributed by atoms with E-state index < -0.39 is 15.6 Å². The van der Waals surface area contributed by atoms with Crippen molar-refractivity contribution in [2.24, 2.45) is 5.73 Å². The van der Waals surface area contributed by atoms with Gasteiger partial charge in [0.25, 0.3) is 0 Å². The molecule has 7 heteroatoms. The Morgan fingerprint density at radius 2 is 1.89 bits per heavy atom. The van der Waals surface area contributed by atoms with Gasteiger partial charge < -0.3 is 11.1 Å². The number of hydrogen-bond donors (Lipinski definition) is 2. The number of nitrogens with one attached hydrogen (secondary N) is 1. The van der Waals surface area contributed by atoms with Crippen LogP contribution in [-0.2, 0) is 14.8 Å². The van der Waals surface area contributed by atoms with Crippen LogP contribution in [0.4, 0.5) is 0 Å². The zero-order valence-electron chi connectivity index (χ0n) is 12.0. The van der Waals surface area contributed by atoms with E-state index in [0.717, 1.165) is 0 Å². The van der Waals surface area contributed by atoms with Crippen LogP contribution in [0.2, 0.25) is 0 Å². The summed E-state index contributed by atoms with van der Waals surface area (Å²) in [6.07, 6.45) is 1.91. The highest BCUT2D eigenvalue weighted by Gasteiger charge is 2.30. The second-order valence-corrected chi connectivity index (χ2v) is 7.77. The molecule has 3 N–H and O–H groups in total. The Morgan fingerprint density at radius 1 is 1.37 bits per heavy atom. The number of sulfonamides is 1. The van der Waals surface area contributed by atoms with Gasteiger partial charge in [0.2, 0.25) is 15.9 Å². The quantitative estimate of drug-likeness (QED) is 0.748. The lowest BCUT2D eigenvalue weighted by atomic mass is 10.0. The summed E-state index contributed by atoms with van der Waals surface area (Å²) < 4.78 is 25.3. The van der Waals surface area contributed by atoms with Gasteiger partial charge in [0.15, 0.2) is 0 Å². The van der Waals surface area contributed by atoms with Crippen molar-refractivity contribution in [3.8, 4) is 0 Å². The molecule has 1 rings (SSSR count). The van der Waals surface area contributed by atoms with Gasteiger partial charge in [0.05, 0.1) is 11.3 Å².